The van der Waals surface area contributed by atoms with Crippen LogP contribution >= 0.6 is 0 Å². The Labute approximate surface area is 213 Å². The van der Waals surface area contributed by atoms with Crippen molar-refractivity contribution in [3.63, 3.8) is 0 Å². The molecule has 1 fully saturated rings. The van der Waals surface area contributed by atoms with Crippen molar-refractivity contribution in [3.8, 4) is 0 Å². The Morgan fingerprint density at radius 3 is 2.62 bits per heavy atom. The fourth-order valence-electron chi connectivity index (χ4n) is 5.10. The fraction of sp³-hybridized carbons (Fsp3) is 0.429. The fourth-order valence-corrected chi connectivity index (χ4v) is 5.10. The minimum absolute atomic E-state index is 0.0468. The molecule has 5 rings (SSSR count). The molecular formula is C28H30F3N5O. The molecule has 6 nitrogen and oxygen atoms in total. The number of halogens is 3. The highest BCUT2D eigenvalue weighted by atomic mass is 19.4. The van der Waals surface area contributed by atoms with Gasteiger partial charge in [-0.15, -0.1) is 0 Å². The predicted octanol–water partition coefficient (Wildman–Crippen LogP) is 5.47. The Balaban J connectivity index is 1.64. The third-order valence-corrected chi connectivity index (χ3v) is 7.42. The summed E-state index contributed by atoms with van der Waals surface area (Å²) >= 11 is 0. The Morgan fingerprint density at radius 1 is 1.24 bits per heavy atom. The first kappa shape index (κ1) is 25.2. The van der Waals surface area contributed by atoms with Crippen LogP contribution in [0.25, 0.3) is 16.5 Å². The van der Waals surface area contributed by atoms with Gasteiger partial charge < -0.3 is 9.47 Å². The van der Waals surface area contributed by atoms with Gasteiger partial charge in [0.05, 0.1) is 29.0 Å². The molecular weight excluding hydrogens is 479 g/mol. The van der Waals surface area contributed by atoms with Crippen LogP contribution in [0.3, 0.4) is 0 Å². The average Bonchev–Trinajstić information content (AvgIpc) is 3.70. The van der Waals surface area contributed by atoms with E-state index in [1.54, 1.807) is 17.9 Å². The molecule has 9 heteroatoms. The molecule has 1 amide bonds. The molecule has 2 aliphatic rings. The van der Waals surface area contributed by atoms with Crippen molar-refractivity contribution in [3.05, 3.63) is 70.2 Å². The van der Waals surface area contributed by atoms with Crippen molar-refractivity contribution >= 4 is 22.4 Å². The Bertz CT molecular complexity index is 1480. The van der Waals surface area contributed by atoms with Crippen LogP contribution < -0.4 is 5.49 Å². The summed E-state index contributed by atoms with van der Waals surface area (Å²) in [6.07, 6.45) is 2.24. The van der Waals surface area contributed by atoms with Crippen molar-refractivity contribution in [2.75, 3.05) is 13.1 Å². The summed E-state index contributed by atoms with van der Waals surface area (Å²) in [5.41, 5.74) is 3.33. The molecule has 0 saturated heterocycles. The number of carbonyl (C=O) groups is 1. The molecule has 3 heterocycles. The zero-order valence-electron chi connectivity index (χ0n) is 21.4. The Morgan fingerprint density at radius 2 is 2.00 bits per heavy atom. The number of hydrogen-bond donors (Lipinski definition) is 0. The number of alkyl halides is 3. The van der Waals surface area contributed by atoms with Gasteiger partial charge in [-0.1, -0.05) is 18.2 Å². The van der Waals surface area contributed by atoms with Gasteiger partial charge in [0.15, 0.2) is 5.49 Å². The van der Waals surface area contributed by atoms with Gasteiger partial charge in [-0.25, -0.2) is 4.98 Å². The molecule has 37 heavy (non-hydrogen) atoms. The van der Waals surface area contributed by atoms with Crippen LogP contribution in [0.5, 0.6) is 0 Å². The van der Waals surface area contributed by atoms with Crippen LogP contribution in [0, 0.1) is 6.92 Å². The molecule has 1 atom stereocenters. The maximum absolute atomic E-state index is 13.5. The zero-order chi connectivity index (χ0) is 26.5. The van der Waals surface area contributed by atoms with Crippen molar-refractivity contribution in [2.24, 2.45) is 12.0 Å². The van der Waals surface area contributed by atoms with Crippen LogP contribution in [0.15, 0.2) is 41.5 Å². The van der Waals surface area contributed by atoms with Crippen LogP contribution in [-0.4, -0.2) is 38.4 Å². The van der Waals surface area contributed by atoms with E-state index in [1.807, 2.05) is 32.3 Å². The quantitative estimate of drug-likeness (QED) is 0.469. The lowest BCUT2D eigenvalue weighted by Crippen LogP contribution is -2.32. The number of nitrogens with zero attached hydrogens (tertiary/aromatic N) is 5. The van der Waals surface area contributed by atoms with Gasteiger partial charge in [-0.2, -0.15) is 13.2 Å². The standard InChI is InChI=1S/C28H30F3N5O/c1-16-21(6-5-7-23(16)28(29,30)31)17(2)33-26-22-14-24(19-10-12-36(13-11-19)18(3)37)32-15-25(22)35(4)27(34-26)20-8-9-20/h5-7,10,14-15,17,20H,8-9,11-13H2,1-4H3/b33-26-/t17-/m1/s1. The molecule has 1 aliphatic carbocycles. The molecule has 0 bridgehead atoms. The summed E-state index contributed by atoms with van der Waals surface area (Å²) < 4.78 is 42.6. The van der Waals surface area contributed by atoms with E-state index < -0.39 is 17.8 Å². The van der Waals surface area contributed by atoms with E-state index in [0.717, 1.165) is 46.9 Å². The van der Waals surface area contributed by atoms with E-state index in [2.05, 4.69) is 4.57 Å². The third kappa shape index (κ3) is 4.91. The van der Waals surface area contributed by atoms with Gasteiger partial charge in [-0.05, 0) is 61.9 Å². The summed E-state index contributed by atoms with van der Waals surface area (Å²) in [5, 5.41) is 0.809. The number of hydrogen-bond acceptors (Lipinski definition) is 4. The van der Waals surface area contributed by atoms with E-state index in [1.165, 1.54) is 13.0 Å². The monoisotopic (exact) mass is 509 g/mol. The van der Waals surface area contributed by atoms with Gasteiger partial charge in [0.25, 0.3) is 0 Å². The minimum atomic E-state index is -4.42. The maximum atomic E-state index is 13.5. The normalized spacial score (nSPS) is 17.8. The van der Waals surface area contributed by atoms with Crippen molar-refractivity contribution < 1.29 is 18.0 Å². The van der Waals surface area contributed by atoms with Gasteiger partial charge in [-0.3, -0.25) is 14.8 Å². The van der Waals surface area contributed by atoms with Crippen LogP contribution in [-0.2, 0) is 18.0 Å². The molecule has 1 aromatic carbocycles. The number of fused-ring (bicyclic) bond motifs is 1. The van der Waals surface area contributed by atoms with E-state index >= 15 is 0 Å². The van der Waals surface area contributed by atoms with Gasteiger partial charge >= 0.3 is 6.18 Å². The Hall–Kier alpha value is -3.49. The highest BCUT2D eigenvalue weighted by Gasteiger charge is 2.33. The smallest absolute Gasteiger partial charge is 0.339 e. The lowest BCUT2D eigenvalue weighted by atomic mass is 9.97. The number of carbonyl (C=O) groups excluding carboxylic acids is 1. The maximum Gasteiger partial charge on any atom is 0.416 e. The first-order chi connectivity index (χ1) is 17.5. The lowest BCUT2D eigenvalue weighted by Gasteiger charge is -2.25. The first-order valence-electron chi connectivity index (χ1n) is 12.6. The molecule has 1 saturated carbocycles. The summed E-state index contributed by atoms with van der Waals surface area (Å²) in [7, 11) is 1.97. The second-order valence-electron chi connectivity index (χ2n) is 9.98. The lowest BCUT2D eigenvalue weighted by molar-refractivity contribution is -0.138. The zero-order valence-corrected chi connectivity index (χ0v) is 21.4. The molecule has 0 radical (unpaired) electrons. The third-order valence-electron chi connectivity index (χ3n) is 7.42. The van der Waals surface area contributed by atoms with Crippen LogP contribution in [0.4, 0.5) is 13.2 Å². The number of pyridine rings is 1. The van der Waals surface area contributed by atoms with Gasteiger partial charge in [0, 0.05) is 38.4 Å². The molecule has 0 unspecified atom stereocenters. The average molecular weight is 510 g/mol. The summed E-state index contributed by atoms with van der Waals surface area (Å²) in [5.74, 6) is 1.32. The van der Waals surface area contributed by atoms with Crippen molar-refractivity contribution in [1.29, 1.82) is 0 Å². The molecule has 194 valence electrons. The number of aromatic nitrogens is 3. The molecule has 3 aromatic rings. The van der Waals surface area contributed by atoms with E-state index in [0.29, 0.717) is 36.5 Å². The summed E-state index contributed by atoms with van der Waals surface area (Å²) in [6, 6.07) is 5.69. The second-order valence-corrected chi connectivity index (χ2v) is 9.98. The molecule has 0 N–H and O–H groups in total. The van der Waals surface area contributed by atoms with Gasteiger partial charge in [0.2, 0.25) is 5.91 Å². The van der Waals surface area contributed by atoms with E-state index in [9.17, 15) is 18.0 Å². The van der Waals surface area contributed by atoms with Crippen molar-refractivity contribution in [1.82, 2.24) is 19.4 Å². The number of rotatable bonds is 4. The Kier molecular flexibility index (Phi) is 6.41. The molecule has 0 spiro atoms. The largest absolute Gasteiger partial charge is 0.416 e. The highest BCUT2D eigenvalue weighted by Crippen LogP contribution is 2.39. The summed E-state index contributed by atoms with van der Waals surface area (Å²) in [4.78, 5) is 28.0. The van der Waals surface area contributed by atoms with Crippen LogP contribution in [0.1, 0.15) is 73.3 Å². The number of amides is 1. The minimum Gasteiger partial charge on any atom is -0.339 e. The second kappa shape index (κ2) is 9.43. The predicted molar refractivity (Wildman–Crippen MR) is 135 cm³/mol. The summed E-state index contributed by atoms with van der Waals surface area (Å²) in [6.45, 7) is 6.05. The topological polar surface area (TPSA) is 63.4 Å². The SMILES string of the molecule is CC(=O)N1CC=C(c2cc3/c(=N/[C@H](C)c4cccc(C(F)(F)F)c4C)nc(C4CC4)n(C)c3cn2)CC1. The molecule has 1 aliphatic heterocycles. The number of aryl methyl sites for hydroxylation is 1. The van der Waals surface area contributed by atoms with Gasteiger partial charge in [0.1, 0.15) is 5.82 Å². The molecule has 2 aromatic heterocycles. The number of benzene rings is 1. The van der Waals surface area contributed by atoms with Crippen LogP contribution in [0.2, 0.25) is 0 Å². The van der Waals surface area contributed by atoms with E-state index in [-0.39, 0.29) is 11.5 Å². The highest BCUT2D eigenvalue weighted by molar-refractivity contribution is 5.82. The first-order valence-corrected chi connectivity index (χ1v) is 12.6. The van der Waals surface area contributed by atoms with Crippen molar-refractivity contribution in [2.45, 2.75) is 58.2 Å². The van der Waals surface area contributed by atoms with E-state index in [4.69, 9.17) is 15.0 Å².